The van der Waals surface area contributed by atoms with E-state index in [4.69, 9.17) is 5.73 Å². The summed E-state index contributed by atoms with van der Waals surface area (Å²) < 4.78 is 1.14. The number of nitrogens with two attached hydrogens (primary N) is 1. The Hall–Kier alpha value is -1.65. The topological polar surface area (TPSA) is 42.2 Å². The molecule has 0 bridgehead atoms. The Morgan fingerprint density at radius 2 is 2.00 bits per heavy atom. The Labute approximate surface area is 111 Å². The van der Waals surface area contributed by atoms with Gasteiger partial charge in [-0.05, 0) is 17.7 Å². The zero-order valence-electron chi connectivity index (χ0n) is 10.3. The highest BCUT2D eigenvalue weighted by Crippen LogP contribution is 2.25. The fourth-order valence-corrected chi connectivity index (χ4v) is 2.71. The summed E-state index contributed by atoms with van der Waals surface area (Å²) in [5, 5.41) is 0.621. The summed E-state index contributed by atoms with van der Waals surface area (Å²) in [5.74, 6) is 0. The molecule has 4 heteroatoms. The lowest BCUT2D eigenvalue weighted by atomic mass is 10.2. The van der Waals surface area contributed by atoms with E-state index in [1.54, 1.807) is 0 Å². The second kappa shape index (κ2) is 5.80. The highest BCUT2D eigenvalue weighted by atomic mass is 32.1. The fraction of sp³-hybridized carbons (Fsp3) is 0.214. The maximum atomic E-state index is 5.71. The lowest BCUT2D eigenvalue weighted by Crippen LogP contribution is -2.23. The molecule has 0 saturated carbocycles. The number of nitrogens with zero attached hydrogens (tertiary/aromatic N) is 2. The maximum Gasteiger partial charge on any atom is 0.181 e. The Morgan fingerprint density at radius 3 is 2.67 bits per heavy atom. The van der Waals surface area contributed by atoms with E-state index in [1.807, 2.05) is 18.2 Å². The molecule has 2 aromatic rings. The number of nitrogen functional groups attached to an aromatic ring is 1. The number of hydrogen-bond acceptors (Lipinski definition) is 4. The van der Waals surface area contributed by atoms with Crippen molar-refractivity contribution in [1.82, 2.24) is 9.88 Å². The van der Waals surface area contributed by atoms with Crippen LogP contribution in [0.4, 0.5) is 5.13 Å². The number of hydrogen-bond donors (Lipinski definition) is 1. The van der Waals surface area contributed by atoms with E-state index in [0.717, 1.165) is 29.9 Å². The zero-order chi connectivity index (χ0) is 13.0. The van der Waals surface area contributed by atoms with Gasteiger partial charge in [-0.3, -0.25) is 4.90 Å². The number of anilines is 1. The first-order valence-corrected chi connectivity index (χ1v) is 6.63. The molecule has 0 aliphatic carbocycles. The third-order valence-electron chi connectivity index (χ3n) is 2.65. The molecule has 0 aliphatic heterocycles. The van der Waals surface area contributed by atoms with Crippen LogP contribution in [-0.2, 0) is 6.54 Å². The summed E-state index contributed by atoms with van der Waals surface area (Å²) >= 11 is 1.53. The Kier molecular flexibility index (Phi) is 4.12. The van der Waals surface area contributed by atoms with Crippen molar-refractivity contribution in [2.45, 2.75) is 6.54 Å². The predicted molar refractivity (Wildman–Crippen MR) is 79.7 cm³/mol. The molecule has 0 fully saturated rings. The number of fused-ring (bicyclic) bond motifs is 1. The van der Waals surface area contributed by atoms with Gasteiger partial charge in [0.25, 0.3) is 0 Å². The summed E-state index contributed by atoms with van der Waals surface area (Å²) in [4.78, 5) is 6.53. The highest BCUT2D eigenvalue weighted by Gasteiger charge is 2.05. The molecule has 1 aromatic carbocycles. The van der Waals surface area contributed by atoms with Crippen LogP contribution < -0.4 is 5.73 Å². The van der Waals surface area contributed by atoms with Gasteiger partial charge in [-0.25, -0.2) is 4.98 Å². The standard InChI is InChI=1S/C14H17N3S/c1-3-7-17(8-4-2)10-11-5-6-12-13(9-11)18-14(15)16-12/h3-6,9H,1-2,7-8,10H2,(H2,15,16). The van der Waals surface area contributed by atoms with Gasteiger partial charge < -0.3 is 5.73 Å². The number of thiazole rings is 1. The molecule has 0 amide bonds. The van der Waals surface area contributed by atoms with Crippen molar-refractivity contribution in [3.8, 4) is 0 Å². The van der Waals surface area contributed by atoms with Crippen LogP contribution in [0.2, 0.25) is 0 Å². The molecule has 94 valence electrons. The van der Waals surface area contributed by atoms with E-state index < -0.39 is 0 Å². The first kappa shape index (κ1) is 12.8. The van der Waals surface area contributed by atoms with Gasteiger partial charge in [0.1, 0.15) is 0 Å². The zero-order valence-corrected chi connectivity index (χ0v) is 11.1. The second-order valence-electron chi connectivity index (χ2n) is 4.13. The van der Waals surface area contributed by atoms with Gasteiger partial charge in [0.2, 0.25) is 0 Å². The Morgan fingerprint density at radius 1 is 1.28 bits per heavy atom. The van der Waals surface area contributed by atoms with Crippen LogP contribution >= 0.6 is 11.3 Å². The molecular weight excluding hydrogens is 242 g/mol. The summed E-state index contributed by atoms with van der Waals surface area (Å²) in [6, 6.07) is 6.28. The monoisotopic (exact) mass is 259 g/mol. The SMILES string of the molecule is C=CCN(CC=C)Cc1ccc2nc(N)sc2c1. The summed E-state index contributed by atoms with van der Waals surface area (Å²) in [5.41, 5.74) is 7.94. The Balaban J connectivity index is 2.18. The van der Waals surface area contributed by atoms with E-state index in [2.05, 4.69) is 35.2 Å². The van der Waals surface area contributed by atoms with Crippen LogP contribution in [0.3, 0.4) is 0 Å². The van der Waals surface area contributed by atoms with Crippen molar-refractivity contribution >= 4 is 26.7 Å². The van der Waals surface area contributed by atoms with Crippen molar-refractivity contribution in [2.75, 3.05) is 18.8 Å². The molecule has 0 unspecified atom stereocenters. The van der Waals surface area contributed by atoms with E-state index in [1.165, 1.54) is 16.9 Å². The molecule has 1 aromatic heterocycles. The van der Waals surface area contributed by atoms with E-state index >= 15 is 0 Å². The van der Waals surface area contributed by atoms with Gasteiger partial charge in [0, 0.05) is 19.6 Å². The molecule has 0 aliphatic rings. The molecule has 0 spiro atoms. The van der Waals surface area contributed by atoms with Crippen molar-refractivity contribution in [1.29, 1.82) is 0 Å². The number of aromatic nitrogens is 1. The second-order valence-corrected chi connectivity index (χ2v) is 5.19. The molecular formula is C14H17N3S. The first-order chi connectivity index (χ1) is 8.72. The van der Waals surface area contributed by atoms with Crippen LogP contribution in [0.1, 0.15) is 5.56 Å². The van der Waals surface area contributed by atoms with Crippen molar-refractivity contribution in [3.05, 3.63) is 49.1 Å². The molecule has 2 N–H and O–H groups in total. The minimum atomic E-state index is 0.621. The van der Waals surface area contributed by atoms with Crippen LogP contribution in [0.25, 0.3) is 10.2 Å². The van der Waals surface area contributed by atoms with Gasteiger partial charge in [0.05, 0.1) is 10.2 Å². The molecule has 3 nitrogen and oxygen atoms in total. The van der Waals surface area contributed by atoms with Gasteiger partial charge in [0.15, 0.2) is 5.13 Å². The van der Waals surface area contributed by atoms with E-state index in [0.29, 0.717) is 5.13 Å². The first-order valence-electron chi connectivity index (χ1n) is 5.82. The number of benzene rings is 1. The quantitative estimate of drug-likeness (QED) is 0.811. The molecule has 18 heavy (non-hydrogen) atoms. The average Bonchev–Trinajstić information content (AvgIpc) is 2.69. The lowest BCUT2D eigenvalue weighted by Gasteiger charge is -2.18. The number of rotatable bonds is 6. The van der Waals surface area contributed by atoms with E-state index in [9.17, 15) is 0 Å². The predicted octanol–water partition coefficient (Wildman–Crippen LogP) is 3.05. The van der Waals surface area contributed by atoms with Crippen LogP contribution in [-0.4, -0.2) is 23.0 Å². The third-order valence-corrected chi connectivity index (χ3v) is 3.50. The van der Waals surface area contributed by atoms with Gasteiger partial charge in [-0.1, -0.05) is 29.6 Å². The minimum Gasteiger partial charge on any atom is -0.375 e. The highest BCUT2D eigenvalue weighted by molar-refractivity contribution is 7.22. The summed E-state index contributed by atoms with van der Waals surface area (Å²) in [6.45, 7) is 10.1. The van der Waals surface area contributed by atoms with Crippen molar-refractivity contribution in [2.24, 2.45) is 0 Å². The molecule has 0 radical (unpaired) electrons. The van der Waals surface area contributed by atoms with Gasteiger partial charge in [-0.2, -0.15) is 0 Å². The smallest absolute Gasteiger partial charge is 0.181 e. The van der Waals surface area contributed by atoms with E-state index in [-0.39, 0.29) is 0 Å². The third kappa shape index (κ3) is 2.97. The van der Waals surface area contributed by atoms with Crippen LogP contribution in [0.5, 0.6) is 0 Å². The van der Waals surface area contributed by atoms with Crippen molar-refractivity contribution < 1.29 is 0 Å². The minimum absolute atomic E-state index is 0.621. The normalized spacial score (nSPS) is 10.9. The van der Waals surface area contributed by atoms with Gasteiger partial charge >= 0.3 is 0 Å². The molecule has 0 saturated heterocycles. The Bertz CT molecular complexity index is 549. The molecule has 0 atom stereocenters. The van der Waals surface area contributed by atoms with Crippen LogP contribution in [0, 0.1) is 0 Å². The average molecular weight is 259 g/mol. The largest absolute Gasteiger partial charge is 0.375 e. The molecule has 1 heterocycles. The van der Waals surface area contributed by atoms with Crippen molar-refractivity contribution in [3.63, 3.8) is 0 Å². The maximum absolute atomic E-state index is 5.71. The van der Waals surface area contributed by atoms with Crippen LogP contribution in [0.15, 0.2) is 43.5 Å². The molecule has 2 rings (SSSR count). The fourth-order valence-electron chi connectivity index (χ4n) is 1.91. The van der Waals surface area contributed by atoms with Gasteiger partial charge in [-0.15, -0.1) is 13.2 Å². The summed E-state index contributed by atoms with van der Waals surface area (Å²) in [7, 11) is 0. The summed E-state index contributed by atoms with van der Waals surface area (Å²) in [6.07, 6.45) is 3.82. The lowest BCUT2D eigenvalue weighted by molar-refractivity contribution is 0.328.